The molecule has 182 valence electrons. The number of halogens is 3. The number of hydrogen-bond acceptors (Lipinski definition) is 6. The number of nitrogens with zero attached hydrogens (tertiary/aromatic N) is 5. The first kappa shape index (κ1) is 23.0. The summed E-state index contributed by atoms with van der Waals surface area (Å²) in [5.41, 5.74) is 5.05. The molecule has 2 aromatic carbocycles. The second kappa shape index (κ2) is 9.13. The number of rotatable bonds is 5. The van der Waals surface area contributed by atoms with Crippen molar-refractivity contribution >= 4 is 11.6 Å². The SMILES string of the molecule is O=C1CCC(c2ccc(-n3nccc3-c3nn(-c4cccc(OC(F)(F)F)c4)ccc3=O)cc2)=NN1. The number of carbonyl (C=O) groups is 1. The largest absolute Gasteiger partial charge is 0.573 e. The molecule has 1 aliphatic heterocycles. The minimum absolute atomic E-state index is 0.0561. The number of ether oxygens (including phenoxy) is 1. The van der Waals surface area contributed by atoms with E-state index in [9.17, 15) is 22.8 Å². The Labute approximate surface area is 201 Å². The third-order valence-electron chi connectivity index (χ3n) is 5.36. The van der Waals surface area contributed by atoms with Crippen molar-refractivity contribution in [1.82, 2.24) is 25.0 Å². The van der Waals surface area contributed by atoms with E-state index < -0.39 is 12.1 Å². The van der Waals surface area contributed by atoms with Crippen LogP contribution in [0.3, 0.4) is 0 Å². The molecule has 0 saturated heterocycles. The molecular weight excluding hydrogens is 477 g/mol. The van der Waals surface area contributed by atoms with Crippen molar-refractivity contribution in [1.29, 1.82) is 0 Å². The molecule has 1 amide bonds. The number of hydrogen-bond donors (Lipinski definition) is 1. The first-order chi connectivity index (χ1) is 17.3. The maximum atomic E-state index is 12.7. The third-order valence-corrected chi connectivity index (χ3v) is 5.36. The Morgan fingerprint density at radius 3 is 2.47 bits per heavy atom. The zero-order valence-corrected chi connectivity index (χ0v) is 18.4. The minimum Gasteiger partial charge on any atom is -0.406 e. The lowest BCUT2D eigenvalue weighted by molar-refractivity contribution is -0.274. The molecule has 0 saturated carbocycles. The third kappa shape index (κ3) is 4.87. The first-order valence-corrected chi connectivity index (χ1v) is 10.7. The van der Waals surface area contributed by atoms with Crippen LogP contribution in [0.4, 0.5) is 13.2 Å². The maximum absolute atomic E-state index is 12.7. The van der Waals surface area contributed by atoms with Crippen LogP contribution in [0.1, 0.15) is 18.4 Å². The first-order valence-electron chi connectivity index (χ1n) is 10.7. The van der Waals surface area contributed by atoms with Gasteiger partial charge < -0.3 is 4.74 Å². The number of hydrazone groups is 1. The van der Waals surface area contributed by atoms with Crippen molar-refractivity contribution in [3.05, 3.63) is 88.8 Å². The molecule has 1 aliphatic rings. The average Bonchev–Trinajstić information content (AvgIpc) is 3.34. The van der Waals surface area contributed by atoms with Gasteiger partial charge in [0.1, 0.15) is 5.75 Å². The quantitative estimate of drug-likeness (QED) is 0.457. The average molecular weight is 494 g/mol. The van der Waals surface area contributed by atoms with Gasteiger partial charge in [0, 0.05) is 31.2 Å². The van der Waals surface area contributed by atoms with Crippen molar-refractivity contribution in [2.75, 3.05) is 0 Å². The Kier molecular flexibility index (Phi) is 5.84. The van der Waals surface area contributed by atoms with Gasteiger partial charge in [0.05, 0.1) is 29.0 Å². The highest BCUT2D eigenvalue weighted by atomic mass is 19.4. The van der Waals surface area contributed by atoms with E-state index in [1.54, 1.807) is 18.2 Å². The standard InChI is InChI=1S/C24H17F3N6O3/c25-24(26,27)36-18-3-1-2-17(14-18)32-13-11-21(34)23(31-32)20-10-12-28-33(20)16-6-4-15(5-7-16)19-8-9-22(35)30-29-19/h1-7,10-14H,8-9H2,(H,30,35). The van der Waals surface area contributed by atoms with Gasteiger partial charge in [0.25, 0.3) is 0 Å². The molecule has 3 heterocycles. The molecule has 0 bridgehead atoms. The number of amides is 1. The van der Waals surface area contributed by atoms with E-state index in [0.717, 1.165) is 11.3 Å². The number of nitrogens with one attached hydrogen (secondary N) is 1. The van der Waals surface area contributed by atoms with Crippen LogP contribution in [-0.4, -0.2) is 37.5 Å². The van der Waals surface area contributed by atoms with Crippen molar-refractivity contribution in [3.63, 3.8) is 0 Å². The summed E-state index contributed by atoms with van der Waals surface area (Å²) in [6, 6.07) is 15.4. The molecule has 0 spiro atoms. The number of benzene rings is 2. The molecule has 0 atom stereocenters. The van der Waals surface area contributed by atoms with Crippen molar-refractivity contribution in [2.45, 2.75) is 19.2 Å². The Morgan fingerprint density at radius 1 is 0.944 bits per heavy atom. The van der Waals surface area contributed by atoms with Crippen LogP contribution >= 0.6 is 0 Å². The van der Waals surface area contributed by atoms with Crippen LogP contribution in [-0.2, 0) is 4.79 Å². The predicted octanol–water partition coefficient (Wildman–Crippen LogP) is 3.60. The molecule has 0 fully saturated rings. The zero-order valence-electron chi connectivity index (χ0n) is 18.4. The lowest BCUT2D eigenvalue weighted by atomic mass is 10.0. The van der Waals surface area contributed by atoms with Crippen LogP contribution in [0.5, 0.6) is 5.75 Å². The Bertz CT molecular complexity index is 1520. The molecule has 0 aliphatic carbocycles. The van der Waals surface area contributed by atoms with Gasteiger partial charge in [0.2, 0.25) is 11.3 Å². The van der Waals surface area contributed by atoms with Crippen LogP contribution < -0.4 is 15.6 Å². The van der Waals surface area contributed by atoms with E-state index in [1.165, 1.54) is 52.1 Å². The van der Waals surface area contributed by atoms with E-state index in [0.29, 0.717) is 24.2 Å². The van der Waals surface area contributed by atoms with Crippen LogP contribution in [0.25, 0.3) is 22.8 Å². The molecule has 36 heavy (non-hydrogen) atoms. The van der Waals surface area contributed by atoms with E-state index in [4.69, 9.17) is 0 Å². The number of carbonyl (C=O) groups excluding carboxylic acids is 1. The predicted molar refractivity (Wildman–Crippen MR) is 123 cm³/mol. The normalized spacial score (nSPS) is 13.8. The van der Waals surface area contributed by atoms with Crippen LogP contribution in [0.2, 0.25) is 0 Å². The molecule has 12 heteroatoms. The minimum atomic E-state index is -4.83. The van der Waals surface area contributed by atoms with Gasteiger partial charge in [0.15, 0.2) is 5.69 Å². The zero-order chi connectivity index (χ0) is 25.3. The molecule has 4 aromatic rings. The fourth-order valence-corrected chi connectivity index (χ4v) is 3.72. The maximum Gasteiger partial charge on any atom is 0.573 e. The number of alkyl halides is 3. The van der Waals surface area contributed by atoms with Crippen molar-refractivity contribution < 1.29 is 22.7 Å². The van der Waals surface area contributed by atoms with Crippen molar-refractivity contribution in [3.8, 4) is 28.5 Å². The second-order valence-electron chi connectivity index (χ2n) is 7.79. The topological polar surface area (TPSA) is 103 Å². The van der Waals surface area contributed by atoms with Crippen molar-refractivity contribution in [2.24, 2.45) is 5.10 Å². The summed E-state index contributed by atoms with van der Waals surface area (Å²) in [5.74, 6) is -0.536. The summed E-state index contributed by atoms with van der Waals surface area (Å²) in [7, 11) is 0. The molecule has 2 aromatic heterocycles. The molecule has 9 nitrogen and oxygen atoms in total. The van der Waals surface area contributed by atoms with E-state index in [-0.39, 0.29) is 22.7 Å². The van der Waals surface area contributed by atoms with E-state index in [1.807, 2.05) is 12.1 Å². The summed E-state index contributed by atoms with van der Waals surface area (Å²) in [6.07, 6.45) is -1.07. The summed E-state index contributed by atoms with van der Waals surface area (Å²) in [5, 5.41) is 12.7. The summed E-state index contributed by atoms with van der Waals surface area (Å²) >= 11 is 0. The summed E-state index contributed by atoms with van der Waals surface area (Å²) < 4.78 is 44.6. The smallest absolute Gasteiger partial charge is 0.406 e. The van der Waals surface area contributed by atoms with Crippen LogP contribution in [0.15, 0.2) is 83.0 Å². The van der Waals surface area contributed by atoms with E-state index in [2.05, 4.69) is 25.5 Å². The Hall–Kier alpha value is -4.74. The van der Waals surface area contributed by atoms with Gasteiger partial charge in [-0.2, -0.15) is 15.3 Å². The lowest BCUT2D eigenvalue weighted by Gasteiger charge is -2.13. The van der Waals surface area contributed by atoms with E-state index >= 15 is 0 Å². The number of aromatic nitrogens is 4. The second-order valence-corrected chi connectivity index (χ2v) is 7.79. The summed E-state index contributed by atoms with van der Waals surface area (Å²) in [4.78, 5) is 24.0. The van der Waals surface area contributed by atoms with Gasteiger partial charge >= 0.3 is 6.36 Å². The Balaban J connectivity index is 1.47. The fraction of sp³-hybridized carbons (Fsp3) is 0.125. The van der Waals surface area contributed by atoms with Gasteiger partial charge in [-0.15, -0.1) is 13.2 Å². The monoisotopic (exact) mass is 494 g/mol. The molecule has 5 rings (SSSR count). The van der Waals surface area contributed by atoms with Gasteiger partial charge in [-0.1, -0.05) is 18.2 Å². The summed E-state index contributed by atoms with van der Waals surface area (Å²) in [6.45, 7) is 0. The fourth-order valence-electron chi connectivity index (χ4n) is 3.72. The molecule has 0 unspecified atom stereocenters. The molecule has 0 radical (unpaired) electrons. The highest BCUT2D eigenvalue weighted by Gasteiger charge is 2.31. The molecule has 1 N–H and O–H groups in total. The van der Waals surface area contributed by atoms with Crippen LogP contribution in [0, 0.1) is 0 Å². The van der Waals surface area contributed by atoms with Gasteiger partial charge in [-0.25, -0.2) is 14.8 Å². The highest BCUT2D eigenvalue weighted by molar-refractivity contribution is 6.04. The highest BCUT2D eigenvalue weighted by Crippen LogP contribution is 2.25. The Morgan fingerprint density at radius 2 is 1.75 bits per heavy atom. The van der Waals surface area contributed by atoms with Gasteiger partial charge in [-0.3, -0.25) is 9.59 Å². The lowest BCUT2D eigenvalue weighted by Crippen LogP contribution is -2.25. The van der Waals surface area contributed by atoms with Gasteiger partial charge in [-0.05, 0) is 35.9 Å². The molecular formula is C24H17F3N6O3.